The van der Waals surface area contributed by atoms with Crippen LogP contribution in [-0.4, -0.2) is 43.1 Å². The molecule has 6 heteroatoms. The predicted octanol–water partition coefficient (Wildman–Crippen LogP) is 3.38. The molecular formula is C20H31N3O3. The molecule has 3 amide bonds. The van der Waals surface area contributed by atoms with Crippen molar-refractivity contribution in [3.63, 3.8) is 0 Å². The fourth-order valence-electron chi connectivity index (χ4n) is 3.22. The van der Waals surface area contributed by atoms with E-state index in [0.717, 1.165) is 12.0 Å². The number of benzene rings is 1. The van der Waals surface area contributed by atoms with Gasteiger partial charge in [0.05, 0.1) is 12.7 Å². The van der Waals surface area contributed by atoms with Crippen LogP contribution in [0.4, 0.5) is 10.5 Å². The van der Waals surface area contributed by atoms with Crippen LogP contribution in [0.3, 0.4) is 0 Å². The Hall–Kier alpha value is -2.08. The largest absolute Gasteiger partial charge is 0.376 e. The second-order valence-electron chi connectivity index (χ2n) is 7.08. The van der Waals surface area contributed by atoms with Crippen LogP contribution in [0.15, 0.2) is 24.3 Å². The lowest BCUT2D eigenvalue weighted by molar-refractivity contribution is -0.128. The van der Waals surface area contributed by atoms with Crippen molar-refractivity contribution >= 4 is 17.6 Å². The third-order valence-electron chi connectivity index (χ3n) is 4.96. The SMILES string of the molecule is CC(=O)N(C)Cc1ccccc1NC(=O)NCCO[C@@H]1CCCC[C@@H]1C. The van der Waals surface area contributed by atoms with Crippen molar-refractivity contribution in [1.29, 1.82) is 0 Å². The maximum Gasteiger partial charge on any atom is 0.319 e. The van der Waals surface area contributed by atoms with Gasteiger partial charge in [-0.2, -0.15) is 0 Å². The van der Waals surface area contributed by atoms with E-state index in [1.165, 1.54) is 26.2 Å². The molecule has 2 atom stereocenters. The standard InChI is InChI=1S/C20H31N3O3/c1-15-8-4-7-11-19(15)26-13-12-21-20(25)22-18-10-6-5-9-17(18)14-23(3)16(2)24/h5-6,9-10,15,19H,4,7-8,11-14H2,1-3H3,(H2,21,22,25)/t15-,19+/m0/s1. The number of carbonyl (C=O) groups excluding carboxylic acids is 2. The number of urea groups is 1. The van der Waals surface area contributed by atoms with Crippen LogP contribution in [0.1, 0.15) is 45.1 Å². The third kappa shape index (κ3) is 6.33. The molecule has 144 valence electrons. The van der Waals surface area contributed by atoms with Crippen LogP contribution in [0.2, 0.25) is 0 Å². The van der Waals surface area contributed by atoms with Crippen molar-refractivity contribution in [3.8, 4) is 0 Å². The first-order chi connectivity index (χ1) is 12.5. The number of hydrogen-bond donors (Lipinski definition) is 2. The average Bonchev–Trinajstić information content (AvgIpc) is 2.61. The minimum Gasteiger partial charge on any atom is -0.376 e. The molecule has 1 aromatic rings. The molecule has 1 aliphatic rings. The highest BCUT2D eigenvalue weighted by Crippen LogP contribution is 2.26. The summed E-state index contributed by atoms with van der Waals surface area (Å²) in [5.74, 6) is 0.584. The minimum atomic E-state index is -0.261. The van der Waals surface area contributed by atoms with Gasteiger partial charge in [0.1, 0.15) is 0 Å². The number of carbonyl (C=O) groups is 2. The highest BCUT2D eigenvalue weighted by atomic mass is 16.5. The maximum atomic E-state index is 12.1. The number of rotatable bonds is 7. The molecule has 1 aromatic carbocycles. The van der Waals surface area contributed by atoms with Crippen molar-refractivity contribution in [2.45, 2.75) is 52.2 Å². The van der Waals surface area contributed by atoms with Gasteiger partial charge in [-0.05, 0) is 30.4 Å². The van der Waals surface area contributed by atoms with Gasteiger partial charge in [-0.15, -0.1) is 0 Å². The lowest BCUT2D eigenvalue weighted by Crippen LogP contribution is -2.34. The monoisotopic (exact) mass is 361 g/mol. The van der Waals surface area contributed by atoms with Gasteiger partial charge in [-0.1, -0.05) is 38.0 Å². The van der Waals surface area contributed by atoms with Crippen LogP contribution in [0.5, 0.6) is 0 Å². The van der Waals surface area contributed by atoms with Gasteiger partial charge in [0.2, 0.25) is 5.91 Å². The van der Waals surface area contributed by atoms with Crippen molar-refractivity contribution in [2.75, 3.05) is 25.5 Å². The summed E-state index contributed by atoms with van der Waals surface area (Å²) in [5, 5.41) is 5.69. The van der Waals surface area contributed by atoms with E-state index in [0.29, 0.717) is 37.4 Å². The van der Waals surface area contributed by atoms with E-state index in [1.54, 1.807) is 11.9 Å². The Morgan fingerprint density at radius 1 is 1.23 bits per heavy atom. The molecular weight excluding hydrogens is 330 g/mol. The summed E-state index contributed by atoms with van der Waals surface area (Å²) in [6.07, 6.45) is 5.18. The Kier molecular flexibility index (Phi) is 7.91. The number of nitrogens with zero attached hydrogens (tertiary/aromatic N) is 1. The van der Waals surface area contributed by atoms with Gasteiger partial charge in [0.15, 0.2) is 0 Å². The van der Waals surface area contributed by atoms with Gasteiger partial charge < -0.3 is 20.3 Å². The summed E-state index contributed by atoms with van der Waals surface area (Å²) in [4.78, 5) is 25.2. The lowest BCUT2D eigenvalue weighted by atomic mass is 9.88. The number of ether oxygens (including phenoxy) is 1. The van der Waals surface area contributed by atoms with E-state index in [4.69, 9.17) is 4.74 Å². The number of hydrogen-bond acceptors (Lipinski definition) is 3. The Morgan fingerprint density at radius 2 is 1.96 bits per heavy atom. The second kappa shape index (κ2) is 10.2. The Labute approximate surface area is 156 Å². The average molecular weight is 361 g/mol. The topological polar surface area (TPSA) is 70.7 Å². The fourth-order valence-corrected chi connectivity index (χ4v) is 3.22. The quantitative estimate of drug-likeness (QED) is 0.732. The third-order valence-corrected chi connectivity index (χ3v) is 4.96. The Morgan fingerprint density at radius 3 is 2.69 bits per heavy atom. The van der Waals surface area contributed by atoms with E-state index in [9.17, 15) is 9.59 Å². The van der Waals surface area contributed by atoms with Crippen molar-refractivity contribution < 1.29 is 14.3 Å². The normalized spacial score (nSPS) is 19.7. The smallest absolute Gasteiger partial charge is 0.319 e. The lowest BCUT2D eigenvalue weighted by Gasteiger charge is -2.28. The van der Waals surface area contributed by atoms with Gasteiger partial charge in [0.25, 0.3) is 0 Å². The van der Waals surface area contributed by atoms with Crippen LogP contribution >= 0.6 is 0 Å². The van der Waals surface area contributed by atoms with Gasteiger partial charge in [0, 0.05) is 32.7 Å². The maximum absolute atomic E-state index is 12.1. The van der Waals surface area contributed by atoms with Crippen LogP contribution in [0, 0.1) is 5.92 Å². The van der Waals surface area contributed by atoms with Crippen molar-refractivity contribution in [3.05, 3.63) is 29.8 Å². The summed E-state index contributed by atoms with van der Waals surface area (Å²) >= 11 is 0. The molecule has 0 bridgehead atoms. The van der Waals surface area contributed by atoms with Crippen LogP contribution in [-0.2, 0) is 16.1 Å². The summed E-state index contributed by atoms with van der Waals surface area (Å²) in [6.45, 7) is 5.21. The molecule has 1 saturated carbocycles. The van der Waals surface area contributed by atoms with Crippen LogP contribution in [0.25, 0.3) is 0 Å². The second-order valence-corrected chi connectivity index (χ2v) is 7.08. The van der Waals surface area contributed by atoms with E-state index in [-0.39, 0.29) is 11.9 Å². The summed E-state index contributed by atoms with van der Waals surface area (Å²) < 4.78 is 5.91. The summed E-state index contributed by atoms with van der Waals surface area (Å²) in [7, 11) is 1.74. The number of amides is 3. The number of anilines is 1. The molecule has 0 spiro atoms. The fraction of sp³-hybridized carbons (Fsp3) is 0.600. The molecule has 2 rings (SSSR count). The molecule has 1 fully saturated rings. The van der Waals surface area contributed by atoms with Crippen molar-refractivity contribution in [1.82, 2.24) is 10.2 Å². The van der Waals surface area contributed by atoms with E-state index in [2.05, 4.69) is 17.6 Å². The molecule has 6 nitrogen and oxygen atoms in total. The highest BCUT2D eigenvalue weighted by molar-refractivity contribution is 5.90. The molecule has 0 saturated heterocycles. The van der Waals surface area contributed by atoms with Gasteiger partial charge in [-0.25, -0.2) is 4.79 Å². The zero-order valence-corrected chi connectivity index (χ0v) is 16.1. The van der Waals surface area contributed by atoms with E-state index in [1.807, 2.05) is 24.3 Å². The molecule has 0 aliphatic heterocycles. The molecule has 2 N–H and O–H groups in total. The summed E-state index contributed by atoms with van der Waals surface area (Å²) in [5.41, 5.74) is 1.60. The van der Waals surface area contributed by atoms with Gasteiger partial charge >= 0.3 is 6.03 Å². The molecule has 0 aromatic heterocycles. The Bertz CT molecular complexity index is 606. The number of nitrogens with one attached hydrogen (secondary N) is 2. The molecule has 0 heterocycles. The zero-order valence-electron chi connectivity index (χ0n) is 16.1. The minimum absolute atomic E-state index is 0.0154. The first-order valence-electron chi connectivity index (χ1n) is 9.43. The predicted molar refractivity (Wildman–Crippen MR) is 103 cm³/mol. The van der Waals surface area contributed by atoms with E-state index < -0.39 is 0 Å². The molecule has 1 aliphatic carbocycles. The first kappa shape index (κ1) is 20.2. The van der Waals surface area contributed by atoms with Crippen LogP contribution < -0.4 is 10.6 Å². The molecule has 26 heavy (non-hydrogen) atoms. The summed E-state index contributed by atoms with van der Waals surface area (Å²) in [6, 6.07) is 7.24. The van der Waals surface area contributed by atoms with Gasteiger partial charge in [-0.3, -0.25) is 4.79 Å². The van der Waals surface area contributed by atoms with Crippen molar-refractivity contribution in [2.24, 2.45) is 5.92 Å². The number of para-hydroxylation sites is 1. The van der Waals surface area contributed by atoms with E-state index >= 15 is 0 Å². The first-order valence-corrected chi connectivity index (χ1v) is 9.43. The zero-order chi connectivity index (χ0) is 18.9. The molecule has 0 unspecified atom stereocenters. The highest BCUT2D eigenvalue weighted by Gasteiger charge is 2.21. The molecule has 0 radical (unpaired) electrons. The Balaban J connectivity index is 1.76.